The number of methoxy groups -OCH3 is 1. The van der Waals surface area contributed by atoms with Crippen molar-refractivity contribution in [2.45, 2.75) is 12.3 Å². The molecule has 6 heteroatoms. The third-order valence-corrected chi connectivity index (χ3v) is 4.64. The molecule has 1 saturated heterocycles. The van der Waals surface area contributed by atoms with Gasteiger partial charge >= 0.3 is 0 Å². The molecule has 1 atom stereocenters. The monoisotopic (exact) mass is 356 g/mol. The van der Waals surface area contributed by atoms with Crippen molar-refractivity contribution in [3.8, 4) is 5.75 Å². The van der Waals surface area contributed by atoms with E-state index in [-0.39, 0.29) is 0 Å². The molecular formula is C20H24N2O4. The highest BCUT2D eigenvalue weighted by Gasteiger charge is 2.25. The van der Waals surface area contributed by atoms with Crippen LogP contribution in [-0.4, -0.2) is 44.5 Å². The summed E-state index contributed by atoms with van der Waals surface area (Å²) in [6, 6.07) is 15.2. The van der Waals surface area contributed by atoms with Crippen molar-refractivity contribution in [3.63, 3.8) is 0 Å². The summed E-state index contributed by atoms with van der Waals surface area (Å²) in [4.78, 5) is 14.6. The number of amides is 1. The van der Waals surface area contributed by atoms with Crippen LogP contribution in [-0.2, 0) is 9.53 Å². The highest BCUT2D eigenvalue weighted by Crippen LogP contribution is 2.33. The van der Waals surface area contributed by atoms with Gasteiger partial charge < -0.3 is 14.4 Å². The molecule has 6 nitrogen and oxygen atoms in total. The number of hydrogen-bond acceptors (Lipinski definition) is 5. The summed E-state index contributed by atoms with van der Waals surface area (Å²) >= 11 is 0. The zero-order chi connectivity index (χ0) is 18.4. The van der Waals surface area contributed by atoms with Gasteiger partial charge in [-0.2, -0.15) is 0 Å². The summed E-state index contributed by atoms with van der Waals surface area (Å²) in [6.45, 7) is 3.32. The summed E-state index contributed by atoms with van der Waals surface area (Å²) in [6.07, 6.45) is 0.999. The molecule has 2 aromatic carbocycles. The Morgan fingerprint density at radius 2 is 1.92 bits per heavy atom. The second-order valence-electron chi connectivity index (χ2n) is 6.20. The molecule has 0 aromatic heterocycles. The van der Waals surface area contributed by atoms with Gasteiger partial charge in [-0.25, -0.2) is 5.48 Å². The first-order valence-corrected chi connectivity index (χ1v) is 8.74. The minimum absolute atomic E-state index is 0.495. The predicted molar refractivity (Wildman–Crippen MR) is 98.9 cm³/mol. The molecule has 1 heterocycles. The Bertz CT molecular complexity index is 725. The molecular weight excluding hydrogens is 332 g/mol. The third kappa shape index (κ3) is 3.98. The molecule has 1 amide bonds. The smallest absolute Gasteiger partial charge is 0.255 e. The van der Waals surface area contributed by atoms with Crippen LogP contribution in [0.2, 0.25) is 0 Å². The average molecular weight is 356 g/mol. The maximum Gasteiger partial charge on any atom is 0.255 e. The number of hydroxylamine groups is 1. The van der Waals surface area contributed by atoms with Crippen molar-refractivity contribution in [2.75, 3.05) is 38.3 Å². The standard InChI is InChI=1S/C20H24N2O4/c1-25-18-6-3-2-5-17(18)19(20(23)21-24)15-7-9-16(10-8-15)22-11-4-13-26-14-12-22/h2-3,5-10,19,24H,4,11-14H2,1H3,(H,21,23). The number of anilines is 1. The zero-order valence-corrected chi connectivity index (χ0v) is 14.9. The lowest BCUT2D eigenvalue weighted by Gasteiger charge is -2.23. The Morgan fingerprint density at radius 1 is 1.15 bits per heavy atom. The molecule has 3 rings (SSSR count). The number of benzene rings is 2. The predicted octanol–water partition coefficient (Wildman–Crippen LogP) is 2.56. The van der Waals surface area contributed by atoms with E-state index in [1.165, 1.54) is 0 Å². The van der Waals surface area contributed by atoms with E-state index < -0.39 is 11.8 Å². The third-order valence-electron chi connectivity index (χ3n) is 4.64. The Kier molecular flexibility index (Phi) is 6.09. The maximum atomic E-state index is 12.4. The van der Waals surface area contributed by atoms with E-state index in [4.69, 9.17) is 9.47 Å². The first kappa shape index (κ1) is 18.2. The first-order valence-electron chi connectivity index (χ1n) is 8.74. The van der Waals surface area contributed by atoms with Gasteiger partial charge in [0.25, 0.3) is 5.91 Å². The first-order chi connectivity index (χ1) is 12.7. The lowest BCUT2D eigenvalue weighted by Crippen LogP contribution is -2.28. The van der Waals surface area contributed by atoms with Crippen LogP contribution in [0.5, 0.6) is 5.75 Å². The fourth-order valence-electron chi connectivity index (χ4n) is 3.32. The van der Waals surface area contributed by atoms with Crippen LogP contribution in [0.15, 0.2) is 48.5 Å². The topological polar surface area (TPSA) is 71.0 Å². The van der Waals surface area contributed by atoms with E-state index in [9.17, 15) is 10.0 Å². The fourth-order valence-corrected chi connectivity index (χ4v) is 3.32. The molecule has 1 aliphatic heterocycles. The van der Waals surface area contributed by atoms with E-state index in [2.05, 4.69) is 4.90 Å². The van der Waals surface area contributed by atoms with E-state index in [1.54, 1.807) is 18.7 Å². The summed E-state index contributed by atoms with van der Waals surface area (Å²) < 4.78 is 10.9. The Labute approximate surface area is 153 Å². The van der Waals surface area contributed by atoms with Crippen molar-refractivity contribution in [3.05, 3.63) is 59.7 Å². The Hall–Kier alpha value is -2.57. The van der Waals surface area contributed by atoms with Crippen LogP contribution in [0.3, 0.4) is 0 Å². The Morgan fingerprint density at radius 3 is 2.65 bits per heavy atom. The number of hydrogen-bond donors (Lipinski definition) is 2. The molecule has 0 aliphatic carbocycles. The number of para-hydroxylation sites is 1. The molecule has 1 aliphatic rings. The van der Waals surface area contributed by atoms with Gasteiger partial charge in [0.15, 0.2) is 0 Å². The highest BCUT2D eigenvalue weighted by atomic mass is 16.5. The second kappa shape index (κ2) is 8.69. The minimum atomic E-state index is -0.655. The van der Waals surface area contributed by atoms with Crippen molar-refractivity contribution in [2.24, 2.45) is 0 Å². The molecule has 1 fully saturated rings. The van der Waals surface area contributed by atoms with E-state index in [0.717, 1.165) is 44.0 Å². The molecule has 2 N–H and O–H groups in total. The number of carbonyl (C=O) groups excluding carboxylic acids is 1. The largest absolute Gasteiger partial charge is 0.496 e. The van der Waals surface area contributed by atoms with Crippen LogP contribution in [0.4, 0.5) is 5.69 Å². The van der Waals surface area contributed by atoms with Gasteiger partial charge in [-0.3, -0.25) is 10.0 Å². The van der Waals surface area contributed by atoms with Crippen LogP contribution in [0.1, 0.15) is 23.5 Å². The van der Waals surface area contributed by atoms with Crippen molar-refractivity contribution >= 4 is 11.6 Å². The van der Waals surface area contributed by atoms with Crippen LogP contribution < -0.4 is 15.1 Å². The SMILES string of the molecule is COc1ccccc1C(C(=O)NO)c1ccc(N2CCCOCC2)cc1. The second-order valence-corrected chi connectivity index (χ2v) is 6.20. The molecule has 138 valence electrons. The molecule has 0 bridgehead atoms. The summed E-state index contributed by atoms with van der Waals surface area (Å²) in [7, 11) is 1.57. The summed E-state index contributed by atoms with van der Waals surface area (Å²) in [5.41, 5.74) is 4.37. The zero-order valence-electron chi connectivity index (χ0n) is 14.9. The lowest BCUT2D eigenvalue weighted by molar-refractivity contribution is -0.129. The number of rotatable bonds is 5. The van der Waals surface area contributed by atoms with Gasteiger partial charge in [0.1, 0.15) is 5.75 Å². The van der Waals surface area contributed by atoms with E-state index in [1.807, 2.05) is 42.5 Å². The van der Waals surface area contributed by atoms with Crippen molar-refractivity contribution < 1.29 is 19.5 Å². The molecule has 2 aromatic rings. The van der Waals surface area contributed by atoms with Gasteiger partial charge in [0, 0.05) is 30.9 Å². The molecule has 1 unspecified atom stereocenters. The van der Waals surface area contributed by atoms with Crippen LogP contribution in [0.25, 0.3) is 0 Å². The fraction of sp³-hybridized carbons (Fsp3) is 0.350. The minimum Gasteiger partial charge on any atom is -0.496 e. The van der Waals surface area contributed by atoms with Gasteiger partial charge in [0.05, 0.1) is 19.6 Å². The van der Waals surface area contributed by atoms with Crippen LogP contribution in [0, 0.1) is 0 Å². The number of ether oxygens (including phenoxy) is 2. The van der Waals surface area contributed by atoms with Gasteiger partial charge in [-0.15, -0.1) is 0 Å². The number of nitrogens with zero attached hydrogens (tertiary/aromatic N) is 1. The molecule has 0 saturated carbocycles. The van der Waals surface area contributed by atoms with E-state index in [0.29, 0.717) is 11.3 Å². The van der Waals surface area contributed by atoms with Crippen molar-refractivity contribution in [1.29, 1.82) is 0 Å². The van der Waals surface area contributed by atoms with Crippen LogP contribution >= 0.6 is 0 Å². The molecule has 0 spiro atoms. The number of carbonyl (C=O) groups is 1. The van der Waals surface area contributed by atoms with E-state index >= 15 is 0 Å². The van der Waals surface area contributed by atoms with Gasteiger partial charge in [-0.05, 0) is 30.2 Å². The quantitative estimate of drug-likeness (QED) is 0.636. The molecule has 26 heavy (non-hydrogen) atoms. The summed E-state index contributed by atoms with van der Waals surface area (Å²) in [5.74, 6) is -0.544. The van der Waals surface area contributed by atoms with Crippen molar-refractivity contribution in [1.82, 2.24) is 5.48 Å². The maximum absolute atomic E-state index is 12.4. The normalized spacial score (nSPS) is 15.8. The summed E-state index contributed by atoms with van der Waals surface area (Å²) in [5, 5.41) is 9.22. The lowest BCUT2D eigenvalue weighted by atomic mass is 9.89. The van der Waals surface area contributed by atoms with Gasteiger partial charge in [-0.1, -0.05) is 30.3 Å². The highest BCUT2D eigenvalue weighted by molar-refractivity contribution is 5.87. The number of nitrogens with one attached hydrogen (secondary N) is 1. The average Bonchev–Trinajstić information content (AvgIpc) is 2.98. The van der Waals surface area contributed by atoms with Gasteiger partial charge in [0.2, 0.25) is 0 Å². The Balaban J connectivity index is 1.91. The molecule has 0 radical (unpaired) electrons.